The van der Waals surface area contributed by atoms with Gasteiger partial charge in [-0.2, -0.15) is 0 Å². The molecule has 0 aromatic heterocycles. The lowest BCUT2D eigenvalue weighted by molar-refractivity contribution is -0.116. The predicted octanol–water partition coefficient (Wildman–Crippen LogP) is 4.21. The topological polar surface area (TPSA) is 47.6 Å². The second-order valence-corrected chi connectivity index (χ2v) is 5.66. The third-order valence-electron chi connectivity index (χ3n) is 3.11. The summed E-state index contributed by atoms with van der Waals surface area (Å²) in [7, 11) is 1.61. The van der Waals surface area contributed by atoms with Gasteiger partial charge in [0.2, 0.25) is 5.91 Å². The van der Waals surface area contributed by atoms with Gasteiger partial charge in [-0.05, 0) is 48.0 Å². The van der Waals surface area contributed by atoms with Crippen molar-refractivity contribution in [2.75, 3.05) is 20.3 Å². The number of ether oxygens (including phenoxy) is 2. The van der Waals surface area contributed by atoms with Crippen LogP contribution in [-0.2, 0) is 4.79 Å². The number of carbonyl (C=O) groups excluding carboxylic acids is 1. The van der Waals surface area contributed by atoms with E-state index in [1.54, 1.807) is 31.4 Å². The van der Waals surface area contributed by atoms with Crippen molar-refractivity contribution in [2.24, 2.45) is 0 Å². The van der Waals surface area contributed by atoms with Crippen molar-refractivity contribution >= 4 is 35.2 Å². The molecule has 24 heavy (non-hydrogen) atoms. The molecule has 0 saturated heterocycles. The van der Waals surface area contributed by atoms with Gasteiger partial charge in [0.05, 0.1) is 13.7 Å². The summed E-state index contributed by atoms with van der Waals surface area (Å²) < 4.78 is 10.6. The predicted molar refractivity (Wildman–Crippen MR) is 97.0 cm³/mol. The molecule has 0 atom stereocenters. The molecule has 0 bridgehead atoms. The Morgan fingerprint density at radius 3 is 2.50 bits per heavy atom. The highest BCUT2D eigenvalue weighted by Gasteiger charge is 2.00. The van der Waals surface area contributed by atoms with Crippen molar-refractivity contribution in [3.05, 3.63) is 64.1 Å². The molecule has 0 aliphatic heterocycles. The molecular formula is C18H17Cl2NO3. The average molecular weight is 366 g/mol. The van der Waals surface area contributed by atoms with E-state index >= 15 is 0 Å². The fraction of sp³-hybridized carbons (Fsp3) is 0.167. The van der Waals surface area contributed by atoms with Crippen LogP contribution in [-0.4, -0.2) is 26.2 Å². The normalized spacial score (nSPS) is 10.6. The van der Waals surface area contributed by atoms with Crippen molar-refractivity contribution < 1.29 is 14.3 Å². The summed E-state index contributed by atoms with van der Waals surface area (Å²) in [5.41, 5.74) is 0.727. The van der Waals surface area contributed by atoms with E-state index in [4.69, 9.17) is 32.7 Å². The number of hydrogen-bond acceptors (Lipinski definition) is 3. The summed E-state index contributed by atoms with van der Waals surface area (Å²) >= 11 is 11.9. The monoisotopic (exact) mass is 365 g/mol. The van der Waals surface area contributed by atoms with Crippen LogP contribution in [0.25, 0.3) is 6.08 Å². The molecule has 6 heteroatoms. The molecule has 2 aromatic carbocycles. The van der Waals surface area contributed by atoms with Crippen LogP contribution in [0.5, 0.6) is 11.5 Å². The Morgan fingerprint density at radius 2 is 1.83 bits per heavy atom. The molecule has 0 unspecified atom stereocenters. The maximum absolute atomic E-state index is 11.8. The molecule has 126 valence electrons. The van der Waals surface area contributed by atoms with Crippen LogP contribution in [0.1, 0.15) is 5.56 Å². The molecule has 0 heterocycles. The van der Waals surface area contributed by atoms with Crippen LogP contribution >= 0.6 is 23.2 Å². The molecule has 0 radical (unpaired) electrons. The van der Waals surface area contributed by atoms with Gasteiger partial charge in [-0.1, -0.05) is 29.3 Å². The van der Waals surface area contributed by atoms with Gasteiger partial charge in [0.1, 0.15) is 18.1 Å². The van der Waals surface area contributed by atoms with Gasteiger partial charge in [-0.25, -0.2) is 0 Å². The van der Waals surface area contributed by atoms with Gasteiger partial charge in [0, 0.05) is 16.1 Å². The summed E-state index contributed by atoms with van der Waals surface area (Å²) in [6, 6.07) is 12.3. The standard InChI is InChI=1S/C18H17Cl2NO3/c1-23-15-5-7-16(8-6-15)24-11-10-21-18(22)9-3-13-2-4-14(19)12-17(13)20/h2-9,12H,10-11H2,1H3,(H,21,22)/b9-3+. The van der Waals surface area contributed by atoms with E-state index in [0.717, 1.165) is 11.3 Å². The number of methoxy groups -OCH3 is 1. The van der Waals surface area contributed by atoms with E-state index < -0.39 is 0 Å². The number of benzene rings is 2. The lowest BCUT2D eigenvalue weighted by atomic mass is 10.2. The first-order valence-corrected chi connectivity index (χ1v) is 8.02. The minimum Gasteiger partial charge on any atom is -0.497 e. The van der Waals surface area contributed by atoms with Crippen LogP contribution in [0.3, 0.4) is 0 Å². The third kappa shape index (κ3) is 5.80. The van der Waals surface area contributed by atoms with Crippen molar-refractivity contribution in [3.8, 4) is 11.5 Å². The molecule has 1 amide bonds. The lowest BCUT2D eigenvalue weighted by Crippen LogP contribution is -2.26. The smallest absolute Gasteiger partial charge is 0.244 e. The molecule has 0 spiro atoms. The summed E-state index contributed by atoms with van der Waals surface area (Å²) in [4.78, 5) is 11.8. The molecule has 2 rings (SSSR count). The first kappa shape index (κ1) is 18.2. The summed E-state index contributed by atoms with van der Waals surface area (Å²) in [5, 5.41) is 3.78. The molecule has 0 aliphatic carbocycles. The van der Waals surface area contributed by atoms with E-state index in [-0.39, 0.29) is 5.91 Å². The molecule has 1 N–H and O–H groups in total. The summed E-state index contributed by atoms with van der Waals surface area (Å²) in [6.07, 6.45) is 3.06. The fourth-order valence-corrected chi connectivity index (χ4v) is 2.35. The number of hydrogen-bond donors (Lipinski definition) is 1. The van der Waals surface area contributed by atoms with Gasteiger partial charge >= 0.3 is 0 Å². The highest BCUT2D eigenvalue weighted by atomic mass is 35.5. The van der Waals surface area contributed by atoms with Crippen molar-refractivity contribution in [1.29, 1.82) is 0 Å². The molecule has 0 aliphatic rings. The number of rotatable bonds is 7. The van der Waals surface area contributed by atoms with Crippen molar-refractivity contribution in [3.63, 3.8) is 0 Å². The fourth-order valence-electron chi connectivity index (χ4n) is 1.88. The molecule has 0 fully saturated rings. The van der Waals surface area contributed by atoms with E-state index in [1.807, 2.05) is 24.3 Å². The largest absolute Gasteiger partial charge is 0.497 e. The lowest BCUT2D eigenvalue weighted by Gasteiger charge is -2.07. The number of nitrogens with one attached hydrogen (secondary N) is 1. The summed E-state index contributed by atoms with van der Waals surface area (Å²) in [6.45, 7) is 0.761. The Kier molecular flexibility index (Phi) is 6.97. The van der Waals surface area contributed by atoms with E-state index in [9.17, 15) is 4.79 Å². The van der Waals surface area contributed by atoms with Crippen molar-refractivity contribution in [2.45, 2.75) is 0 Å². The zero-order chi connectivity index (χ0) is 17.4. The summed E-state index contributed by atoms with van der Waals surface area (Å²) in [5.74, 6) is 1.26. The van der Waals surface area contributed by atoms with Gasteiger partial charge in [-0.15, -0.1) is 0 Å². The molecule has 0 saturated carbocycles. The Balaban J connectivity index is 1.73. The van der Waals surface area contributed by atoms with E-state index in [2.05, 4.69) is 5.32 Å². The zero-order valence-corrected chi connectivity index (χ0v) is 14.6. The molecular weight excluding hydrogens is 349 g/mol. The second-order valence-electron chi connectivity index (χ2n) is 4.81. The van der Waals surface area contributed by atoms with Crippen LogP contribution in [0.15, 0.2) is 48.5 Å². The van der Waals surface area contributed by atoms with Crippen LogP contribution in [0.2, 0.25) is 10.0 Å². The van der Waals surface area contributed by atoms with Crippen LogP contribution < -0.4 is 14.8 Å². The van der Waals surface area contributed by atoms with Gasteiger partial charge in [-0.3, -0.25) is 4.79 Å². The highest BCUT2D eigenvalue weighted by molar-refractivity contribution is 6.35. The Hall–Kier alpha value is -2.17. The zero-order valence-electron chi connectivity index (χ0n) is 13.1. The van der Waals surface area contributed by atoms with E-state index in [1.165, 1.54) is 6.08 Å². The minimum atomic E-state index is -0.223. The van der Waals surface area contributed by atoms with E-state index in [0.29, 0.717) is 28.9 Å². The van der Waals surface area contributed by atoms with Gasteiger partial charge in [0.25, 0.3) is 0 Å². The highest BCUT2D eigenvalue weighted by Crippen LogP contribution is 2.21. The van der Waals surface area contributed by atoms with Gasteiger partial charge in [0.15, 0.2) is 0 Å². The maximum atomic E-state index is 11.8. The first-order valence-electron chi connectivity index (χ1n) is 7.26. The average Bonchev–Trinajstić information content (AvgIpc) is 2.58. The first-order chi connectivity index (χ1) is 11.6. The minimum absolute atomic E-state index is 0.223. The number of halogens is 2. The maximum Gasteiger partial charge on any atom is 0.244 e. The SMILES string of the molecule is COc1ccc(OCCNC(=O)/C=C/c2ccc(Cl)cc2Cl)cc1. The molecule has 2 aromatic rings. The number of carbonyl (C=O) groups is 1. The van der Waals surface area contributed by atoms with Crippen LogP contribution in [0, 0.1) is 0 Å². The molecule has 4 nitrogen and oxygen atoms in total. The van der Waals surface area contributed by atoms with Crippen molar-refractivity contribution in [1.82, 2.24) is 5.32 Å². The number of amides is 1. The van der Waals surface area contributed by atoms with Crippen LogP contribution in [0.4, 0.5) is 0 Å². The Labute approximate surface area is 151 Å². The van der Waals surface area contributed by atoms with Gasteiger partial charge < -0.3 is 14.8 Å². The second kappa shape index (κ2) is 9.21. The quantitative estimate of drug-likeness (QED) is 0.590. The third-order valence-corrected chi connectivity index (χ3v) is 3.67. The Bertz CT molecular complexity index is 715. The Morgan fingerprint density at radius 1 is 1.12 bits per heavy atom.